The maximum atomic E-state index is 12.1. The number of aromatic nitrogens is 2. The Bertz CT molecular complexity index is 931. The molecule has 1 aliphatic rings. The van der Waals surface area contributed by atoms with E-state index >= 15 is 0 Å². The van der Waals surface area contributed by atoms with Gasteiger partial charge in [0.1, 0.15) is 19.9 Å². The van der Waals surface area contributed by atoms with Crippen LogP contribution in [0.3, 0.4) is 0 Å². The Morgan fingerprint density at radius 3 is 2.59 bits per heavy atom. The van der Waals surface area contributed by atoms with Crippen LogP contribution in [0.25, 0.3) is 0 Å². The lowest BCUT2D eigenvalue weighted by Crippen LogP contribution is -2.33. The third-order valence-electron chi connectivity index (χ3n) is 3.96. The van der Waals surface area contributed by atoms with Crippen LogP contribution < -0.4 is 25.9 Å². The Morgan fingerprint density at radius 2 is 2.04 bits per heavy atom. The molecule has 0 bridgehead atoms. The molecule has 1 aromatic rings. The van der Waals surface area contributed by atoms with E-state index in [2.05, 4.69) is 13.5 Å². The molecule has 1 saturated heterocycles. The zero-order valence-corrected chi connectivity index (χ0v) is 17.6. The minimum Gasteiger partial charge on any atom is -0.834 e. The molecule has 2 heterocycles. The van der Waals surface area contributed by atoms with Gasteiger partial charge in [0.15, 0.2) is 0 Å². The van der Waals surface area contributed by atoms with Crippen LogP contribution in [0.4, 0.5) is 0 Å². The van der Waals surface area contributed by atoms with Crippen molar-refractivity contribution in [3.63, 3.8) is 0 Å². The van der Waals surface area contributed by atoms with Gasteiger partial charge in [-0.1, -0.05) is 25.7 Å². The van der Waals surface area contributed by atoms with Crippen LogP contribution in [0.15, 0.2) is 27.7 Å². The fourth-order valence-electron chi connectivity index (χ4n) is 2.42. The second-order valence-corrected chi connectivity index (χ2v) is 12.2. The average Bonchev–Trinajstić information content (AvgIpc) is 2.90. The summed E-state index contributed by atoms with van der Waals surface area (Å²) in [7, 11) is -5.65. The van der Waals surface area contributed by atoms with E-state index in [0.717, 1.165) is 16.5 Å². The van der Waals surface area contributed by atoms with Gasteiger partial charge in [-0.2, -0.15) is 8.53 Å². The highest BCUT2D eigenvalue weighted by Gasteiger charge is 2.38. The molecule has 1 aliphatic heterocycles. The van der Waals surface area contributed by atoms with Gasteiger partial charge in [0, 0.05) is 23.8 Å². The number of nitrogens with one attached hydrogen (secondary N) is 1. The molecule has 4 unspecified atom stereocenters. The Labute approximate surface area is 157 Å². The molecule has 1 N–H and O–H groups in total. The summed E-state index contributed by atoms with van der Waals surface area (Å²) in [6, 6.07) is 0. The number of nitrogens with zero attached hydrogens (tertiary/aromatic N) is 1. The average molecular weight is 437 g/mol. The molecule has 1 aromatic heterocycles. The van der Waals surface area contributed by atoms with E-state index in [-0.39, 0.29) is 12.0 Å². The van der Waals surface area contributed by atoms with E-state index in [1.807, 2.05) is 0 Å². The molecule has 152 valence electrons. The first-order valence-corrected chi connectivity index (χ1v) is 12.7. The van der Waals surface area contributed by atoms with E-state index in [4.69, 9.17) is 9.26 Å². The third-order valence-corrected chi connectivity index (χ3v) is 6.80. The Hall–Kier alpha value is -0.820. The number of hydrogen-bond donors (Lipinski definition) is 1. The van der Waals surface area contributed by atoms with Crippen molar-refractivity contribution in [1.29, 1.82) is 0 Å². The molecule has 1 fully saturated rings. The van der Waals surface area contributed by atoms with Gasteiger partial charge in [0.2, 0.25) is 0 Å². The van der Waals surface area contributed by atoms with Gasteiger partial charge in [-0.15, -0.1) is 0 Å². The van der Waals surface area contributed by atoms with Crippen molar-refractivity contribution in [3.05, 3.63) is 44.5 Å². The molecular weight excluding hydrogens is 417 g/mol. The quantitative estimate of drug-likeness (QED) is 0.590. The molecule has 0 aromatic carbocycles. The number of aryl methyl sites for hydroxylation is 1. The van der Waals surface area contributed by atoms with Crippen LogP contribution in [0.1, 0.15) is 32.1 Å². The van der Waals surface area contributed by atoms with Crippen molar-refractivity contribution in [3.8, 4) is 0 Å². The predicted octanol–water partition coefficient (Wildman–Crippen LogP) is -0.381. The first kappa shape index (κ1) is 22.5. The molecule has 27 heavy (non-hydrogen) atoms. The van der Waals surface area contributed by atoms with E-state index in [0.29, 0.717) is 0 Å². The molecule has 2 rings (SSSR count). The van der Waals surface area contributed by atoms with Gasteiger partial charge >= 0.3 is 5.69 Å². The van der Waals surface area contributed by atoms with Gasteiger partial charge in [-0.25, -0.2) is 11.8 Å². The molecular formula is C14H20N2O8P3-3. The molecule has 4 atom stereocenters. The normalized spacial score (nSPS) is 26.0. The second kappa shape index (κ2) is 8.27. The van der Waals surface area contributed by atoms with E-state index in [1.54, 1.807) is 0 Å². The van der Waals surface area contributed by atoms with E-state index in [9.17, 15) is 28.8 Å². The Balaban J connectivity index is 2.36. The van der Waals surface area contributed by atoms with Crippen LogP contribution in [0, 0.1) is 6.92 Å². The second-order valence-electron chi connectivity index (χ2n) is 6.49. The van der Waals surface area contributed by atoms with Gasteiger partial charge in [-0.3, -0.25) is 14.3 Å². The van der Waals surface area contributed by atoms with Crippen molar-refractivity contribution < 1.29 is 28.5 Å². The number of H-pyrrole nitrogens is 1. The predicted molar refractivity (Wildman–Crippen MR) is 96.6 cm³/mol. The summed E-state index contributed by atoms with van der Waals surface area (Å²) in [5, 5.41) is 0. The summed E-state index contributed by atoms with van der Waals surface area (Å²) < 4.78 is 24.1. The van der Waals surface area contributed by atoms with Crippen molar-refractivity contribution in [2.24, 2.45) is 0 Å². The molecule has 0 spiro atoms. The van der Waals surface area contributed by atoms with Gasteiger partial charge < -0.3 is 28.5 Å². The number of ether oxygens (including phenoxy) is 1. The SMILES string of the molecule is Cc1cn(C2CC(OP(=O)([O-])C(C)C)C(/C=C/P([O-])([O-])=P)O2)c(=O)[nH]c1=O. The van der Waals surface area contributed by atoms with Crippen molar-refractivity contribution >= 4 is 23.1 Å². The summed E-state index contributed by atoms with van der Waals surface area (Å²) in [5.74, 6) is 0.833. The maximum absolute atomic E-state index is 12.1. The Morgan fingerprint density at radius 1 is 1.41 bits per heavy atom. The van der Waals surface area contributed by atoms with Gasteiger partial charge in [0.05, 0.1) is 6.10 Å². The largest absolute Gasteiger partial charge is 0.834 e. The topological polar surface area (TPSA) is 160 Å². The highest BCUT2D eigenvalue weighted by atomic mass is 31.8. The highest BCUT2D eigenvalue weighted by molar-refractivity contribution is 7.91. The van der Waals surface area contributed by atoms with Crippen molar-refractivity contribution in [2.45, 2.75) is 51.3 Å². The van der Waals surface area contributed by atoms with Gasteiger partial charge in [0.25, 0.3) is 5.56 Å². The van der Waals surface area contributed by atoms with Crippen molar-refractivity contribution in [1.82, 2.24) is 9.55 Å². The lowest BCUT2D eigenvalue weighted by atomic mass is 10.2. The zero-order chi connectivity index (χ0) is 20.6. The number of rotatable bonds is 6. The van der Waals surface area contributed by atoms with Crippen LogP contribution >= 0.6 is 23.1 Å². The van der Waals surface area contributed by atoms with Crippen LogP contribution in [0.5, 0.6) is 0 Å². The van der Waals surface area contributed by atoms with Crippen LogP contribution in [-0.2, 0) is 13.8 Å². The standard InChI is InChI=1S/C14H21N2O8P3/c1-8(2)27(21,22)24-11-6-12(23-10(11)4-5-26(19,20)25)16-7-9(3)13(17)15-14(16)18/h4-5,7-8,10-12,25H,6H2,1-3H3,(H2-2,15,17,18,19,20,21,22)/q-2/p-1/b5-4+. The molecule has 0 radical (unpaired) electrons. The minimum atomic E-state index is -4.23. The molecule has 10 nitrogen and oxygen atoms in total. The molecule has 0 amide bonds. The smallest absolute Gasteiger partial charge is 0.330 e. The summed E-state index contributed by atoms with van der Waals surface area (Å²) in [4.78, 5) is 60.5. The summed E-state index contributed by atoms with van der Waals surface area (Å²) in [6.07, 6.45) is -0.611. The van der Waals surface area contributed by atoms with E-state index < -0.39 is 49.9 Å². The summed E-state index contributed by atoms with van der Waals surface area (Å²) in [6.45, 7) is 4.40. The molecule has 0 saturated carbocycles. The monoisotopic (exact) mass is 437 g/mol. The van der Waals surface area contributed by atoms with Crippen LogP contribution in [0.2, 0.25) is 0 Å². The fourth-order valence-corrected chi connectivity index (χ4v) is 3.90. The van der Waals surface area contributed by atoms with E-state index in [1.165, 1.54) is 27.0 Å². The molecule has 0 aliphatic carbocycles. The summed E-state index contributed by atoms with van der Waals surface area (Å²) in [5.41, 5.74) is -1.81. The first-order valence-electron chi connectivity index (χ1n) is 8.02. The zero-order valence-electron chi connectivity index (χ0n) is 14.9. The maximum Gasteiger partial charge on any atom is 0.330 e. The van der Waals surface area contributed by atoms with Crippen molar-refractivity contribution in [2.75, 3.05) is 0 Å². The number of aromatic amines is 1. The minimum absolute atomic E-state index is 0.0375. The first-order chi connectivity index (χ1) is 12.3. The Kier molecular flexibility index (Phi) is 6.89. The summed E-state index contributed by atoms with van der Waals surface area (Å²) >= 11 is 0. The number of hydrogen-bond acceptors (Lipinski definition) is 8. The lowest BCUT2D eigenvalue weighted by Gasteiger charge is -2.34. The van der Waals surface area contributed by atoms with Gasteiger partial charge in [-0.05, 0) is 6.92 Å². The highest BCUT2D eigenvalue weighted by Crippen LogP contribution is 2.48. The van der Waals surface area contributed by atoms with Crippen LogP contribution in [-0.4, -0.2) is 27.4 Å². The lowest BCUT2D eigenvalue weighted by molar-refractivity contribution is -0.290. The fraction of sp³-hybridized carbons (Fsp3) is 0.571. The molecule has 13 heteroatoms. The third kappa shape index (κ3) is 5.83.